The number of carbonyl (C=O) groups excluding carboxylic acids is 2. The summed E-state index contributed by atoms with van der Waals surface area (Å²) < 4.78 is 26.1. The first-order valence-corrected chi connectivity index (χ1v) is 16.0. The van der Waals surface area contributed by atoms with Crippen molar-refractivity contribution in [3.05, 3.63) is 94.0 Å². The number of amides is 2. The number of unbranched alkanes of at least 4 members (excludes halogenated alkanes) is 2. The molecule has 6 aromatic rings. The Morgan fingerprint density at radius 2 is 1.33 bits per heavy atom. The van der Waals surface area contributed by atoms with Crippen molar-refractivity contribution in [1.29, 1.82) is 0 Å². The molecule has 2 amide bonds. The minimum Gasteiger partial charge on any atom is -0.461 e. The maximum absolute atomic E-state index is 12.0. The van der Waals surface area contributed by atoms with Crippen LogP contribution in [0, 0.1) is 0 Å². The predicted molar refractivity (Wildman–Crippen MR) is 171 cm³/mol. The third-order valence-electron chi connectivity index (χ3n) is 6.47. The minimum absolute atomic E-state index is 0.242. The molecular formula is C30H30Br2N8O6. The smallest absolute Gasteiger partial charge is 0.273 e. The molecule has 0 saturated carbocycles. The lowest BCUT2D eigenvalue weighted by atomic mass is 10.3. The lowest BCUT2D eigenvalue weighted by Crippen LogP contribution is -2.24. The topological polar surface area (TPSA) is 172 Å². The third kappa shape index (κ3) is 9.40. The molecule has 0 unspecified atom stereocenters. The van der Waals surface area contributed by atoms with E-state index >= 15 is 0 Å². The number of nitrogens with one attached hydrogen (secondary N) is 2. The molecule has 2 N–H and O–H groups in total. The summed E-state index contributed by atoms with van der Waals surface area (Å²) in [5, 5.41) is 21.6. The van der Waals surface area contributed by atoms with Crippen LogP contribution in [0.5, 0.6) is 0 Å². The molecule has 240 valence electrons. The van der Waals surface area contributed by atoms with Gasteiger partial charge in [-0.05, 0) is 93.9 Å². The lowest BCUT2D eigenvalue weighted by Gasteiger charge is -2.04. The molecule has 0 saturated heterocycles. The van der Waals surface area contributed by atoms with Crippen molar-refractivity contribution in [2.75, 3.05) is 13.1 Å². The molecule has 6 rings (SSSR count). The van der Waals surface area contributed by atoms with Crippen LogP contribution in [-0.2, 0) is 13.1 Å². The van der Waals surface area contributed by atoms with E-state index in [1.54, 1.807) is 42.6 Å². The molecule has 0 radical (unpaired) electrons. The van der Waals surface area contributed by atoms with Gasteiger partial charge in [-0.3, -0.25) is 19.0 Å². The van der Waals surface area contributed by atoms with E-state index in [9.17, 15) is 9.59 Å². The van der Waals surface area contributed by atoms with E-state index in [4.69, 9.17) is 17.9 Å². The fraction of sp³-hybridized carbons (Fsp3) is 0.267. The van der Waals surface area contributed by atoms with Crippen molar-refractivity contribution in [2.45, 2.75) is 38.8 Å². The third-order valence-corrected chi connectivity index (χ3v) is 7.56. The van der Waals surface area contributed by atoms with Crippen LogP contribution in [0.4, 0.5) is 0 Å². The minimum atomic E-state index is -0.258. The largest absolute Gasteiger partial charge is 0.461 e. The van der Waals surface area contributed by atoms with Gasteiger partial charge in [-0.15, -0.1) is 0 Å². The molecule has 0 spiro atoms. The quantitative estimate of drug-likeness (QED) is 0.122. The second kappa shape index (κ2) is 16.6. The Bertz CT molecular complexity index is 1790. The molecule has 0 bridgehead atoms. The number of rotatable bonds is 14. The van der Waals surface area contributed by atoms with E-state index in [0.29, 0.717) is 36.1 Å². The maximum atomic E-state index is 12.0. The number of hydrogen-bond acceptors (Lipinski definition) is 10. The standard InChI is InChI=1S/2C15H15BrN4O3/c16-14-5-7-18-20(14)8-2-1-6-17-15(21)11-10-13(23-19-11)12-4-3-9-22-12;16-14-5-8-20(18-14)7-2-1-6-17-15(21)11-10-13(23-19-11)12-4-3-9-22-12/h3-5,7,9-10H,1-2,6,8H2,(H,17,21);3-5,8-10H,1-2,6-7H2,(H,17,21). The zero-order chi connectivity index (χ0) is 32.1. The molecule has 6 heterocycles. The van der Waals surface area contributed by atoms with E-state index in [-0.39, 0.29) is 23.2 Å². The molecule has 0 aliphatic heterocycles. The summed E-state index contributed by atoms with van der Waals surface area (Å²) in [6.45, 7) is 2.76. The Labute approximate surface area is 279 Å². The average Bonchev–Trinajstić information content (AvgIpc) is 3.88. The molecule has 0 fully saturated rings. The highest BCUT2D eigenvalue weighted by Crippen LogP contribution is 2.21. The molecule has 0 aliphatic rings. The summed E-state index contributed by atoms with van der Waals surface area (Å²) in [5.41, 5.74) is 0.485. The van der Waals surface area contributed by atoms with Crippen LogP contribution in [0.25, 0.3) is 23.0 Å². The highest BCUT2D eigenvalue weighted by Gasteiger charge is 2.16. The zero-order valence-corrected chi connectivity index (χ0v) is 27.6. The Morgan fingerprint density at radius 3 is 1.80 bits per heavy atom. The van der Waals surface area contributed by atoms with E-state index in [1.165, 1.54) is 12.5 Å². The molecular weight excluding hydrogens is 728 g/mol. The van der Waals surface area contributed by atoms with E-state index in [0.717, 1.165) is 48.0 Å². The van der Waals surface area contributed by atoms with E-state index < -0.39 is 0 Å². The van der Waals surface area contributed by atoms with Gasteiger partial charge in [-0.2, -0.15) is 10.2 Å². The van der Waals surface area contributed by atoms with E-state index in [1.807, 2.05) is 27.7 Å². The summed E-state index contributed by atoms with van der Waals surface area (Å²) in [6, 6.07) is 13.9. The first-order valence-electron chi connectivity index (χ1n) is 14.4. The van der Waals surface area contributed by atoms with Crippen molar-refractivity contribution < 1.29 is 27.5 Å². The van der Waals surface area contributed by atoms with Crippen molar-refractivity contribution >= 4 is 43.7 Å². The van der Waals surface area contributed by atoms with Crippen molar-refractivity contribution in [1.82, 2.24) is 40.5 Å². The van der Waals surface area contributed by atoms with Gasteiger partial charge in [-0.1, -0.05) is 10.3 Å². The van der Waals surface area contributed by atoms with Gasteiger partial charge in [0.05, 0.1) is 18.7 Å². The highest BCUT2D eigenvalue weighted by molar-refractivity contribution is 9.10. The number of halogens is 2. The normalized spacial score (nSPS) is 10.8. The van der Waals surface area contributed by atoms with Crippen LogP contribution in [-0.4, -0.2) is 54.8 Å². The zero-order valence-electron chi connectivity index (χ0n) is 24.5. The summed E-state index contributed by atoms with van der Waals surface area (Å²) in [7, 11) is 0. The number of aromatic nitrogens is 6. The van der Waals surface area contributed by atoms with Crippen LogP contribution in [0.15, 0.2) is 101 Å². The van der Waals surface area contributed by atoms with Gasteiger partial charge in [0.1, 0.15) is 9.21 Å². The Balaban J connectivity index is 0.000000181. The van der Waals surface area contributed by atoms with Crippen molar-refractivity contribution in [3.63, 3.8) is 0 Å². The number of furan rings is 2. The summed E-state index contributed by atoms with van der Waals surface area (Å²) in [6.07, 6.45) is 10.3. The second-order valence-electron chi connectivity index (χ2n) is 9.81. The summed E-state index contributed by atoms with van der Waals surface area (Å²) in [4.78, 5) is 24.0. The van der Waals surface area contributed by atoms with E-state index in [2.05, 4.69) is 63.0 Å². The van der Waals surface area contributed by atoms with Crippen molar-refractivity contribution in [2.24, 2.45) is 0 Å². The van der Waals surface area contributed by atoms with Crippen molar-refractivity contribution in [3.8, 4) is 23.0 Å². The monoisotopic (exact) mass is 756 g/mol. The van der Waals surface area contributed by atoms with Gasteiger partial charge in [0.25, 0.3) is 11.8 Å². The first kappa shape index (κ1) is 32.7. The fourth-order valence-electron chi connectivity index (χ4n) is 4.15. The van der Waals surface area contributed by atoms with Crippen LogP contribution in [0.2, 0.25) is 0 Å². The number of aryl methyl sites for hydroxylation is 2. The first-order chi connectivity index (χ1) is 22.5. The SMILES string of the molecule is O=C(NCCCCn1ccc(Br)n1)c1cc(-c2ccco2)on1.O=C(NCCCCn1nccc1Br)c1cc(-c2ccco2)on1. The van der Waals surface area contributed by atoms with Gasteiger partial charge >= 0.3 is 0 Å². The summed E-state index contributed by atoms with van der Waals surface area (Å²) >= 11 is 6.72. The van der Waals surface area contributed by atoms with Gasteiger partial charge in [0.2, 0.25) is 11.5 Å². The molecule has 0 atom stereocenters. The lowest BCUT2D eigenvalue weighted by molar-refractivity contribution is 0.0935. The fourth-order valence-corrected chi connectivity index (χ4v) is 4.86. The predicted octanol–water partition coefficient (Wildman–Crippen LogP) is 6.21. The number of hydrogen-bond donors (Lipinski definition) is 2. The van der Waals surface area contributed by atoms with Gasteiger partial charge in [0, 0.05) is 44.5 Å². The molecule has 16 heteroatoms. The summed E-state index contributed by atoms with van der Waals surface area (Å²) in [5.74, 6) is 1.44. The number of nitrogens with zero attached hydrogens (tertiary/aromatic N) is 6. The van der Waals surface area contributed by atoms with Crippen LogP contribution >= 0.6 is 31.9 Å². The maximum Gasteiger partial charge on any atom is 0.273 e. The molecule has 14 nitrogen and oxygen atoms in total. The Morgan fingerprint density at radius 1 is 0.739 bits per heavy atom. The second-order valence-corrected chi connectivity index (χ2v) is 11.4. The molecule has 6 aromatic heterocycles. The Kier molecular flexibility index (Phi) is 11.8. The van der Waals surface area contributed by atoms with Gasteiger partial charge in [0.15, 0.2) is 22.9 Å². The van der Waals surface area contributed by atoms with Crippen LogP contribution in [0.1, 0.15) is 46.7 Å². The highest BCUT2D eigenvalue weighted by atomic mass is 79.9. The average molecular weight is 758 g/mol. The Hall–Kier alpha value is -4.70. The molecule has 0 aliphatic carbocycles. The molecule has 0 aromatic carbocycles. The van der Waals surface area contributed by atoms with Gasteiger partial charge < -0.3 is 28.5 Å². The number of carbonyl (C=O) groups is 2. The van der Waals surface area contributed by atoms with Crippen LogP contribution < -0.4 is 10.6 Å². The van der Waals surface area contributed by atoms with Crippen LogP contribution in [0.3, 0.4) is 0 Å². The van der Waals surface area contributed by atoms with Gasteiger partial charge in [-0.25, -0.2) is 0 Å². The molecule has 46 heavy (non-hydrogen) atoms.